The van der Waals surface area contributed by atoms with Gasteiger partial charge in [0.15, 0.2) is 5.78 Å². The van der Waals surface area contributed by atoms with Gasteiger partial charge < -0.3 is 9.15 Å². The number of amides is 1. The van der Waals surface area contributed by atoms with Crippen LogP contribution in [-0.4, -0.2) is 18.3 Å². The van der Waals surface area contributed by atoms with Crippen LogP contribution in [0.4, 0.5) is 5.88 Å². The molecule has 6 nitrogen and oxygen atoms in total. The zero-order valence-electron chi connectivity index (χ0n) is 13.8. The van der Waals surface area contributed by atoms with E-state index < -0.39 is 0 Å². The molecule has 0 unspecified atom stereocenters. The number of hydrogen-bond donors (Lipinski definition) is 1. The first kappa shape index (κ1) is 17.3. The van der Waals surface area contributed by atoms with Gasteiger partial charge in [0.25, 0.3) is 0 Å². The van der Waals surface area contributed by atoms with E-state index >= 15 is 0 Å². The standard InChI is InChI=1S/C18H18N2O4/c1-4-23-14-7-5-13(6-8-14)9-16(22)20-18-15(10-19)17(11(2)21)12(3)24-18/h5-8H,4,9H2,1-3H3,(H,20,22). The van der Waals surface area contributed by atoms with Crippen molar-refractivity contribution in [1.82, 2.24) is 0 Å². The minimum atomic E-state index is -0.334. The molecule has 1 aromatic heterocycles. The Kier molecular flexibility index (Phi) is 5.38. The molecule has 0 aliphatic heterocycles. The number of furan rings is 1. The Bertz CT molecular complexity index is 798. The molecule has 2 aromatic rings. The van der Waals surface area contributed by atoms with E-state index in [-0.39, 0.29) is 35.1 Å². The fourth-order valence-corrected chi connectivity index (χ4v) is 2.39. The summed E-state index contributed by atoms with van der Waals surface area (Å²) in [5, 5.41) is 11.8. The summed E-state index contributed by atoms with van der Waals surface area (Å²) in [4.78, 5) is 23.7. The predicted molar refractivity (Wildman–Crippen MR) is 88.1 cm³/mol. The number of ether oxygens (including phenoxy) is 1. The minimum absolute atomic E-state index is 0.0103. The molecule has 0 aliphatic carbocycles. The number of Topliss-reactive ketones (excluding diaryl/α,β-unsaturated/α-hetero) is 1. The maximum absolute atomic E-state index is 12.2. The summed E-state index contributed by atoms with van der Waals surface area (Å²) in [5.41, 5.74) is 1.05. The van der Waals surface area contributed by atoms with Crippen molar-refractivity contribution < 1.29 is 18.7 Å². The molecule has 1 N–H and O–H groups in total. The smallest absolute Gasteiger partial charge is 0.231 e. The van der Waals surface area contributed by atoms with Crippen LogP contribution in [0, 0.1) is 18.3 Å². The number of hydrogen-bond acceptors (Lipinski definition) is 5. The molecule has 124 valence electrons. The van der Waals surface area contributed by atoms with Crippen molar-refractivity contribution in [2.45, 2.75) is 27.2 Å². The van der Waals surface area contributed by atoms with Crippen LogP contribution >= 0.6 is 0 Å². The number of aryl methyl sites for hydroxylation is 1. The van der Waals surface area contributed by atoms with Crippen molar-refractivity contribution in [2.75, 3.05) is 11.9 Å². The van der Waals surface area contributed by atoms with Gasteiger partial charge in [0, 0.05) is 0 Å². The van der Waals surface area contributed by atoms with Gasteiger partial charge in [-0.05, 0) is 38.5 Å². The first-order chi connectivity index (χ1) is 11.5. The van der Waals surface area contributed by atoms with E-state index in [1.165, 1.54) is 6.92 Å². The summed E-state index contributed by atoms with van der Waals surface area (Å²) in [7, 11) is 0. The zero-order chi connectivity index (χ0) is 17.7. The number of benzene rings is 1. The van der Waals surface area contributed by atoms with Gasteiger partial charge in [0.05, 0.1) is 18.6 Å². The van der Waals surface area contributed by atoms with Crippen molar-refractivity contribution in [3.63, 3.8) is 0 Å². The molecular formula is C18H18N2O4. The fourth-order valence-electron chi connectivity index (χ4n) is 2.39. The van der Waals surface area contributed by atoms with Gasteiger partial charge in [-0.25, -0.2) is 0 Å². The van der Waals surface area contributed by atoms with Crippen molar-refractivity contribution in [3.8, 4) is 11.8 Å². The SMILES string of the molecule is CCOc1ccc(CC(=O)Nc2oc(C)c(C(C)=O)c2C#N)cc1. The highest BCUT2D eigenvalue weighted by Crippen LogP contribution is 2.27. The van der Waals surface area contributed by atoms with Crippen LogP contribution < -0.4 is 10.1 Å². The Morgan fingerprint density at radius 3 is 2.50 bits per heavy atom. The van der Waals surface area contributed by atoms with Crippen LogP contribution in [-0.2, 0) is 11.2 Å². The van der Waals surface area contributed by atoms with Gasteiger partial charge in [0.1, 0.15) is 23.1 Å². The van der Waals surface area contributed by atoms with E-state index in [4.69, 9.17) is 9.15 Å². The number of carbonyl (C=O) groups is 2. The molecule has 0 radical (unpaired) electrons. The second-order valence-electron chi connectivity index (χ2n) is 5.21. The average molecular weight is 326 g/mol. The molecule has 1 aromatic carbocycles. The summed E-state index contributed by atoms with van der Waals surface area (Å²) < 4.78 is 10.7. The van der Waals surface area contributed by atoms with Crippen molar-refractivity contribution in [2.24, 2.45) is 0 Å². The van der Waals surface area contributed by atoms with Gasteiger partial charge >= 0.3 is 0 Å². The molecule has 2 rings (SSSR count). The van der Waals surface area contributed by atoms with Crippen molar-refractivity contribution >= 4 is 17.6 Å². The highest BCUT2D eigenvalue weighted by molar-refractivity contribution is 6.01. The lowest BCUT2D eigenvalue weighted by Crippen LogP contribution is -2.14. The third kappa shape index (κ3) is 3.82. The van der Waals surface area contributed by atoms with Crippen LogP contribution in [0.25, 0.3) is 0 Å². The maximum atomic E-state index is 12.2. The van der Waals surface area contributed by atoms with Gasteiger partial charge in [-0.2, -0.15) is 5.26 Å². The highest BCUT2D eigenvalue weighted by Gasteiger charge is 2.22. The molecule has 0 bridgehead atoms. The normalized spacial score (nSPS) is 10.1. The number of rotatable bonds is 6. The van der Waals surface area contributed by atoms with E-state index in [9.17, 15) is 14.9 Å². The summed E-state index contributed by atoms with van der Waals surface area (Å²) in [6.07, 6.45) is 0.117. The lowest BCUT2D eigenvalue weighted by molar-refractivity contribution is -0.115. The molecule has 0 aliphatic rings. The van der Waals surface area contributed by atoms with Crippen LogP contribution in [0.15, 0.2) is 28.7 Å². The molecule has 1 amide bonds. The van der Waals surface area contributed by atoms with Crippen LogP contribution in [0.1, 0.15) is 41.1 Å². The number of nitriles is 1. The number of nitrogens with one attached hydrogen (secondary N) is 1. The van der Waals surface area contributed by atoms with Crippen LogP contribution in [0.5, 0.6) is 5.75 Å². The highest BCUT2D eigenvalue weighted by atomic mass is 16.5. The van der Waals surface area contributed by atoms with E-state index in [1.807, 2.05) is 13.0 Å². The molecule has 24 heavy (non-hydrogen) atoms. The topological polar surface area (TPSA) is 92.3 Å². The average Bonchev–Trinajstić information content (AvgIpc) is 2.84. The zero-order valence-corrected chi connectivity index (χ0v) is 13.8. The number of nitrogens with zero attached hydrogens (tertiary/aromatic N) is 1. The molecule has 0 saturated heterocycles. The maximum Gasteiger partial charge on any atom is 0.231 e. The third-order valence-corrected chi connectivity index (χ3v) is 3.40. The van der Waals surface area contributed by atoms with Crippen molar-refractivity contribution in [3.05, 3.63) is 46.7 Å². The van der Waals surface area contributed by atoms with Crippen LogP contribution in [0.3, 0.4) is 0 Å². The Balaban J connectivity index is 2.11. The Morgan fingerprint density at radius 2 is 1.96 bits per heavy atom. The van der Waals surface area contributed by atoms with Crippen LogP contribution in [0.2, 0.25) is 0 Å². The first-order valence-electron chi connectivity index (χ1n) is 7.52. The number of carbonyl (C=O) groups excluding carboxylic acids is 2. The molecule has 0 spiro atoms. The van der Waals surface area contributed by atoms with E-state index in [0.29, 0.717) is 12.4 Å². The van der Waals surface area contributed by atoms with Crippen molar-refractivity contribution in [1.29, 1.82) is 5.26 Å². The molecule has 6 heteroatoms. The van der Waals surface area contributed by atoms with Gasteiger partial charge in [0.2, 0.25) is 11.8 Å². The molecule has 0 saturated carbocycles. The predicted octanol–water partition coefficient (Wildman–Crippen LogP) is 3.24. The fraction of sp³-hybridized carbons (Fsp3) is 0.278. The Morgan fingerprint density at radius 1 is 1.29 bits per heavy atom. The summed E-state index contributed by atoms with van der Waals surface area (Å²) in [5.74, 6) is 0.451. The number of ketones is 1. The Labute approximate surface area is 140 Å². The summed E-state index contributed by atoms with van der Waals surface area (Å²) >= 11 is 0. The van der Waals surface area contributed by atoms with Gasteiger partial charge in [-0.3, -0.25) is 14.9 Å². The third-order valence-electron chi connectivity index (χ3n) is 3.40. The van der Waals surface area contributed by atoms with Gasteiger partial charge in [-0.1, -0.05) is 12.1 Å². The second-order valence-corrected chi connectivity index (χ2v) is 5.21. The lowest BCUT2D eigenvalue weighted by atomic mass is 10.1. The molecule has 1 heterocycles. The summed E-state index contributed by atoms with van der Waals surface area (Å²) in [6.45, 7) is 5.41. The summed E-state index contributed by atoms with van der Waals surface area (Å²) in [6, 6.07) is 9.08. The second kappa shape index (κ2) is 7.47. The lowest BCUT2D eigenvalue weighted by Gasteiger charge is -2.05. The van der Waals surface area contributed by atoms with Gasteiger partial charge in [-0.15, -0.1) is 0 Å². The van der Waals surface area contributed by atoms with E-state index in [0.717, 1.165) is 11.3 Å². The minimum Gasteiger partial charge on any atom is -0.494 e. The van der Waals surface area contributed by atoms with E-state index in [2.05, 4.69) is 5.32 Å². The monoisotopic (exact) mass is 326 g/mol. The number of anilines is 1. The molecular weight excluding hydrogens is 308 g/mol. The van der Waals surface area contributed by atoms with E-state index in [1.54, 1.807) is 31.2 Å². The largest absolute Gasteiger partial charge is 0.494 e. The first-order valence-corrected chi connectivity index (χ1v) is 7.52. The quantitative estimate of drug-likeness (QED) is 0.823. The molecule has 0 atom stereocenters. The Hall–Kier alpha value is -3.07. The molecule has 0 fully saturated rings.